The van der Waals surface area contributed by atoms with Crippen molar-refractivity contribution in [3.63, 3.8) is 0 Å². The van der Waals surface area contributed by atoms with E-state index in [1.807, 2.05) is 50.6 Å². The second-order valence-electron chi connectivity index (χ2n) is 1.65. The van der Waals surface area contributed by atoms with E-state index in [1.54, 1.807) is 0 Å². The molecule has 0 radical (unpaired) electrons. The van der Waals surface area contributed by atoms with Crippen LogP contribution < -0.4 is 0 Å². The number of benzene rings is 1. The van der Waals surface area contributed by atoms with E-state index >= 15 is 0 Å². The summed E-state index contributed by atoms with van der Waals surface area (Å²) in [6, 6.07) is 12.5. The topological polar surface area (TPSA) is 0 Å². The molecule has 0 heterocycles. The zero-order chi connectivity index (χ0) is 6.95. The van der Waals surface area contributed by atoms with Crippen molar-refractivity contribution in [1.29, 1.82) is 0 Å². The van der Waals surface area contributed by atoms with Crippen molar-refractivity contribution in [1.82, 2.24) is 0 Å². The summed E-state index contributed by atoms with van der Waals surface area (Å²) < 4.78 is 0. The van der Waals surface area contributed by atoms with Crippen molar-refractivity contribution >= 4 is 37.7 Å². The molecule has 10 heavy (non-hydrogen) atoms. The summed E-state index contributed by atoms with van der Waals surface area (Å²) >= 11 is 0. The molecule has 0 saturated heterocycles. The van der Waals surface area contributed by atoms with Crippen LogP contribution in [0.25, 0.3) is 0 Å². The second-order valence-corrected chi connectivity index (χ2v) is 1.65. The Hall–Kier alpha value is 0.480. The van der Waals surface area contributed by atoms with Crippen LogP contribution in [0, 0.1) is 12.5 Å². The largest absolute Gasteiger partial charge is 2.00 e. The molecule has 0 aliphatic carbocycles. The van der Waals surface area contributed by atoms with Crippen LogP contribution in [0.5, 0.6) is 0 Å². The van der Waals surface area contributed by atoms with Gasteiger partial charge >= 0.3 is 37.7 Å². The second kappa shape index (κ2) is 12.2. The Kier molecular flexibility index (Phi) is 16.0. The Morgan fingerprint density at radius 3 is 1.50 bits per heavy atom. The molecule has 0 unspecified atom stereocenters. The molecule has 1 rings (SSSR count). The molecular formula is C9H12Ca. The predicted octanol–water partition coefficient (Wildman–Crippen LogP) is 2.34. The summed E-state index contributed by atoms with van der Waals surface area (Å²) in [5.41, 5.74) is 0. The van der Waals surface area contributed by atoms with E-state index in [-0.39, 0.29) is 37.7 Å². The van der Waals surface area contributed by atoms with Crippen molar-refractivity contribution in [3.8, 4) is 0 Å². The summed E-state index contributed by atoms with van der Waals surface area (Å²) in [5.74, 6) is 0. The van der Waals surface area contributed by atoms with Crippen LogP contribution in [0.3, 0.4) is 0 Å². The van der Waals surface area contributed by atoms with Gasteiger partial charge in [0.05, 0.1) is 0 Å². The van der Waals surface area contributed by atoms with Crippen LogP contribution in [0.15, 0.2) is 30.3 Å². The van der Waals surface area contributed by atoms with Gasteiger partial charge in [-0.25, -0.2) is 0 Å². The molecule has 0 atom stereocenters. The first-order valence-electron chi connectivity index (χ1n) is 3.07. The molecule has 1 aromatic carbocycles. The first kappa shape index (κ1) is 13.1. The Balaban J connectivity index is 0. The molecular weight excluding hydrogens is 148 g/mol. The molecule has 0 amide bonds. The molecule has 0 aromatic heterocycles. The maximum Gasteiger partial charge on any atom is 2.00 e. The third-order valence-corrected chi connectivity index (χ3v) is 0.607. The minimum Gasteiger partial charge on any atom is -0.335 e. The van der Waals surface area contributed by atoms with Crippen molar-refractivity contribution in [2.75, 3.05) is 0 Å². The van der Waals surface area contributed by atoms with E-state index in [9.17, 15) is 0 Å². The molecule has 1 heteroatoms. The summed E-state index contributed by atoms with van der Waals surface area (Å²) in [6.45, 7) is 4.00. The van der Waals surface area contributed by atoms with Crippen molar-refractivity contribution < 1.29 is 0 Å². The molecule has 0 aliphatic heterocycles. The summed E-state index contributed by atoms with van der Waals surface area (Å²) in [7, 11) is 0. The average molecular weight is 160 g/mol. The molecule has 0 N–H and O–H groups in total. The van der Waals surface area contributed by atoms with Gasteiger partial charge in [0.2, 0.25) is 0 Å². The summed E-state index contributed by atoms with van der Waals surface area (Å²) in [5, 5.41) is 0. The standard InChI is InChI=1S/C6H5.C3H7.Ca/c1-2-4-6-5-3-1;1-3-2;/h1-5H;3H,1-2H3;/q2*-1;+2. The number of hydrogen-bond acceptors (Lipinski definition) is 0. The predicted molar refractivity (Wildman–Crippen MR) is 46.7 cm³/mol. The molecule has 50 valence electrons. The summed E-state index contributed by atoms with van der Waals surface area (Å²) in [4.78, 5) is 0. The third-order valence-electron chi connectivity index (χ3n) is 0.607. The van der Waals surface area contributed by atoms with Crippen LogP contribution in [0.4, 0.5) is 0 Å². The van der Waals surface area contributed by atoms with Gasteiger partial charge in [0.1, 0.15) is 0 Å². The average Bonchev–Trinajstić information content (AvgIpc) is 1.93. The van der Waals surface area contributed by atoms with E-state index in [0.29, 0.717) is 0 Å². The van der Waals surface area contributed by atoms with Gasteiger partial charge in [-0.3, -0.25) is 0 Å². The Morgan fingerprint density at radius 1 is 1.00 bits per heavy atom. The quantitative estimate of drug-likeness (QED) is 0.403. The SMILES string of the molecule is C[CH-]C.[Ca+2].[c-]1ccccc1. The molecule has 0 nitrogen and oxygen atoms in total. The van der Waals surface area contributed by atoms with Crippen LogP contribution in [0.1, 0.15) is 13.8 Å². The van der Waals surface area contributed by atoms with Crippen molar-refractivity contribution in [2.24, 2.45) is 0 Å². The molecule has 0 aliphatic rings. The fourth-order valence-electron chi connectivity index (χ4n) is 0.342. The van der Waals surface area contributed by atoms with Gasteiger partial charge in [-0.05, 0) is 0 Å². The minimum atomic E-state index is 0. The monoisotopic (exact) mass is 160 g/mol. The van der Waals surface area contributed by atoms with Gasteiger partial charge in [0.25, 0.3) is 0 Å². The van der Waals surface area contributed by atoms with Crippen molar-refractivity contribution in [3.05, 3.63) is 42.8 Å². The van der Waals surface area contributed by atoms with Gasteiger partial charge in [-0.15, -0.1) is 0 Å². The van der Waals surface area contributed by atoms with Crippen LogP contribution in [-0.2, 0) is 0 Å². The van der Waals surface area contributed by atoms with E-state index in [2.05, 4.69) is 6.07 Å². The normalized spacial score (nSPS) is 6.60. The molecule has 0 fully saturated rings. The first-order chi connectivity index (χ1) is 4.41. The Bertz CT molecular complexity index is 87.6. The Labute approximate surface area is 93.6 Å². The molecule has 0 bridgehead atoms. The van der Waals surface area contributed by atoms with E-state index in [0.717, 1.165) is 0 Å². The number of hydrogen-bond donors (Lipinski definition) is 0. The van der Waals surface area contributed by atoms with Gasteiger partial charge in [0.15, 0.2) is 0 Å². The minimum absolute atomic E-state index is 0. The molecule has 0 saturated carbocycles. The Morgan fingerprint density at radius 2 is 1.40 bits per heavy atom. The maximum atomic E-state index is 2.89. The molecule has 1 aromatic rings. The van der Waals surface area contributed by atoms with E-state index in [1.165, 1.54) is 0 Å². The van der Waals surface area contributed by atoms with Crippen LogP contribution >= 0.6 is 0 Å². The summed E-state index contributed by atoms with van der Waals surface area (Å²) in [6.07, 6.45) is 2.00. The fraction of sp³-hybridized carbons (Fsp3) is 0.222. The van der Waals surface area contributed by atoms with Crippen LogP contribution in [-0.4, -0.2) is 37.7 Å². The zero-order valence-electron chi connectivity index (χ0n) is 6.67. The van der Waals surface area contributed by atoms with E-state index in [4.69, 9.17) is 0 Å². The van der Waals surface area contributed by atoms with Gasteiger partial charge in [0, 0.05) is 0 Å². The maximum absolute atomic E-state index is 2.89. The molecule has 0 spiro atoms. The zero-order valence-corrected chi connectivity index (χ0v) is 8.88. The third kappa shape index (κ3) is 11.3. The van der Waals surface area contributed by atoms with Gasteiger partial charge < -0.3 is 6.42 Å². The smallest absolute Gasteiger partial charge is 0.335 e. The fourth-order valence-corrected chi connectivity index (χ4v) is 0.342. The number of rotatable bonds is 0. The van der Waals surface area contributed by atoms with Gasteiger partial charge in [-0.2, -0.15) is 50.2 Å². The van der Waals surface area contributed by atoms with E-state index < -0.39 is 0 Å². The van der Waals surface area contributed by atoms with Crippen LogP contribution in [0.2, 0.25) is 0 Å². The van der Waals surface area contributed by atoms with Crippen molar-refractivity contribution in [2.45, 2.75) is 13.8 Å². The van der Waals surface area contributed by atoms with Gasteiger partial charge in [-0.1, -0.05) is 0 Å². The first-order valence-corrected chi connectivity index (χ1v) is 3.07.